The molecule has 2 heterocycles. The lowest BCUT2D eigenvalue weighted by atomic mass is 10.2. The molecule has 0 unspecified atom stereocenters. The van der Waals surface area contributed by atoms with Crippen molar-refractivity contribution in [3.05, 3.63) is 39.3 Å². The lowest BCUT2D eigenvalue weighted by Gasteiger charge is -2.06. The van der Waals surface area contributed by atoms with Crippen LogP contribution in [0.5, 0.6) is 0 Å². The number of pyridine rings is 1. The second kappa shape index (κ2) is 4.78. The van der Waals surface area contributed by atoms with Crippen LogP contribution in [-0.2, 0) is 5.88 Å². The van der Waals surface area contributed by atoms with Crippen LogP contribution in [0.2, 0.25) is 0 Å². The summed E-state index contributed by atoms with van der Waals surface area (Å²) in [4.78, 5) is 4.49. The van der Waals surface area contributed by atoms with Crippen molar-refractivity contribution in [2.45, 2.75) is 26.7 Å². The molecule has 0 bridgehead atoms. The Bertz CT molecular complexity index is 563. The van der Waals surface area contributed by atoms with Crippen molar-refractivity contribution in [2.24, 2.45) is 0 Å². The lowest BCUT2D eigenvalue weighted by Crippen LogP contribution is -2.04. The third kappa shape index (κ3) is 2.38. The molecule has 0 radical (unpaired) electrons. The number of hydrogen-bond donors (Lipinski definition) is 0. The zero-order valence-electron chi connectivity index (χ0n) is 9.96. The third-order valence-electron chi connectivity index (χ3n) is 2.57. The highest BCUT2D eigenvalue weighted by atomic mass is 79.9. The van der Waals surface area contributed by atoms with Crippen molar-refractivity contribution in [3.8, 4) is 5.82 Å². The van der Waals surface area contributed by atoms with Gasteiger partial charge in [0.25, 0.3) is 0 Å². The molecule has 0 atom stereocenters. The van der Waals surface area contributed by atoms with Gasteiger partial charge in [-0.2, -0.15) is 5.10 Å². The Kier molecular flexibility index (Phi) is 3.54. The Hall–Kier alpha value is -0.870. The fourth-order valence-corrected chi connectivity index (χ4v) is 2.15. The minimum atomic E-state index is 0.483. The predicted molar refractivity (Wildman–Crippen MR) is 72.8 cm³/mol. The highest BCUT2D eigenvalue weighted by Gasteiger charge is 2.11. The Balaban J connectivity index is 2.59. The topological polar surface area (TPSA) is 30.7 Å². The smallest absolute Gasteiger partial charge is 0.154 e. The van der Waals surface area contributed by atoms with E-state index < -0.39 is 0 Å². The molecule has 0 N–H and O–H groups in total. The van der Waals surface area contributed by atoms with Crippen molar-refractivity contribution in [1.82, 2.24) is 14.8 Å². The van der Waals surface area contributed by atoms with Crippen LogP contribution in [0.1, 0.15) is 22.6 Å². The molecule has 0 aliphatic carbocycles. The first-order valence-electron chi connectivity index (χ1n) is 5.28. The van der Waals surface area contributed by atoms with E-state index in [9.17, 15) is 0 Å². The van der Waals surface area contributed by atoms with Crippen molar-refractivity contribution in [1.29, 1.82) is 0 Å². The molecule has 2 rings (SSSR count). The van der Waals surface area contributed by atoms with Crippen LogP contribution in [0.15, 0.2) is 16.6 Å². The van der Waals surface area contributed by atoms with Gasteiger partial charge < -0.3 is 0 Å². The molecule has 0 saturated heterocycles. The van der Waals surface area contributed by atoms with E-state index in [-0.39, 0.29) is 0 Å². The zero-order chi connectivity index (χ0) is 12.6. The average Bonchev–Trinajstić information content (AvgIpc) is 2.56. The Morgan fingerprint density at radius 1 is 1.29 bits per heavy atom. The normalized spacial score (nSPS) is 10.9. The average molecular weight is 315 g/mol. The molecule has 5 heteroatoms. The molecule has 0 saturated carbocycles. The van der Waals surface area contributed by atoms with Crippen molar-refractivity contribution in [3.63, 3.8) is 0 Å². The summed E-state index contributed by atoms with van der Waals surface area (Å²) < 4.78 is 2.86. The molecule has 0 aromatic carbocycles. The number of aromatic nitrogens is 3. The van der Waals surface area contributed by atoms with Crippen molar-refractivity contribution >= 4 is 27.5 Å². The van der Waals surface area contributed by atoms with Gasteiger partial charge in [-0.3, -0.25) is 0 Å². The van der Waals surface area contributed by atoms with Gasteiger partial charge in [-0.25, -0.2) is 9.67 Å². The number of halogens is 2. The summed E-state index contributed by atoms with van der Waals surface area (Å²) in [5, 5.41) is 4.46. The van der Waals surface area contributed by atoms with Crippen LogP contribution in [-0.4, -0.2) is 14.8 Å². The highest BCUT2D eigenvalue weighted by Crippen LogP contribution is 2.23. The second-order valence-corrected chi connectivity index (χ2v) is 5.07. The molecule has 0 aliphatic heterocycles. The number of nitrogens with zero attached hydrogens (tertiary/aromatic N) is 3. The first-order chi connectivity index (χ1) is 8.02. The predicted octanol–water partition coefficient (Wildman–Crippen LogP) is 3.69. The molecular weight excluding hydrogens is 302 g/mol. The Morgan fingerprint density at radius 3 is 2.53 bits per heavy atom. The maximum absolute atomic E-state index is 5.87. The van der Waals surface area contributed by atoms with Gasteiger partial charge in [-0.1, -0.05) is 0 Å². The van der Waals surface area contributed by atoms with Crippen molar-refractivity contribution in [2.75, 3.05) is 0 Å². The molecule has 17 heavy (non-hydrogen) atoms. The minimum Gasteiger partial charge on any atom is -0.234 e. The largest absolute Gasteiger partial charge is 0.234 e. The van der Waals surface area contributed by atoms with Crippen molar-refractivity contribution < 1.29 is 0 Å². The van der Waals surface area contributed by atoms with E-state index in [4.69, 9.17) is 11.6 Å². The quantitative estimate of drug-likeness (QED) is 0.791. The van der Waals surface area contributed by atoms with Gasteiger partial charge in [0.15, 0.2) is 5.82 Å². The monoisotopic (exact) mass is 313 g/mol. The van der Waals surface area contributed by atoms with Crippen LogP contribution in [0, 0.1) is 20.8 Å². The van der Waals surface area contributed by atoms with Crippen LogP contribution in [0.4, 0.5) is 0 Å². The molecule has 0 aliphatic rings. The van der Waals surface area contributed by atoms with E-state index in [2.05, 4.69) is 26.0 Å². The number of alkyl halides is 1. The van der Waals surface area contributed by atoms with Gasteiger partial charge in [0, 0.05) is 11.6 Å². The fraction of sp³-hybridized carbons (Fsp3) is 0.333. The maximum Gasteiger partial charge on any atom is 0.154 e. The summed E-state index contributed by atoms with van der Waals surface area (Å²) in [5.74, 6) is 1.29. The number of hydrogen-bond acceptors (Lipinski definition) is 2. The van der Waals surface area contributed by atoms with Crippen LogP contribution in [0.25, 0.3) is 5.82 Å². The van der Waals surface area contributed by atoms with Crippen LogP contribution in [0.3, 0.4) is 0 Å². The Labute approximate surface area is 114 Å². The second-order valence-electron chi connectivity index (χ2n) is 4.01. The van der Waals surface area contributed by atoms with Gasteiger partial charge in [0.2, 0.25) is 0 Å². The SMILES string of the molecule is Cc1cc(CCl)cc(-n2nc(C)c(Br)c2C)n1. The maximum atomic E-state index is 5.87. The summed E-state index contributed by atoms with van der Waals surface area (Å²) in [6.07, 6.45) is 0. The van der Waals surface area contributed by atoms with Crippen LogP contribution < -0.4 is 0 Å². The molecule has 3 nitrogen and oxygen atoms in total. The molecule has 2 aromatic heterocycles. The highest BCUT2D eigenvalue weighted by molar-refractivity contribution is 9.10. The van der Waals surface area contributed by atoms with E-state index in [1.165, 1.54) is 0 Å². The Morgan fingerprint density at radius 2 is 2.00 bits per heavy atom. The molecule has 0 amide bonds. The molecule has 0 spiro atoms. The molecule has 2 aromatic rings. The van der Waals surface area contributed by atoms with E-state index >= 15 is 0 Å². The third-order valence-corrected chi connectivity index (χ3v) is 4.03. The van der Waals surface area contributed by atoms with Gasteiger partial charge >= 0.3 is 0 Å². The van der Waals surface area contributed by atoms with E-state index in [1.807, 2.05) is 37.6 Å². The first kappa shape index (κ1) is 12.6. The van der Waals surface area contributed by atoms with E-state index in [0.29, 0.717) is 5.88 Å². The van der Waals surface area contributed by atoms with Gasteiger partial charge in [-0.15, -0.1) is 11.6 Å². The van der Waals surface area contributed by atoms with Crippen LogP contribution >= 0.6 is 27.5 Å². The summed E-state index contributed by atoms with van der Waals surface area (Å²) in [6, 6.07) is 3.95. The summed E-state index contributed by atoms with van der Waals surface area (Å²) >= 11 is 9.38. The van der Waals surface area contributed by atoms with Gasteiger partial charge in [0.05, 0.1) is 15.9 Å². The zero-order valence-corrected chi connectivity index (χ0v) is 12.3. The van der Waals surface area contributed by atoms with E-state index in [0.717, 1.165) is 32.9 Å². The lowest BCUT2D eigenvalue weighted by molar-refractivity contribution is 0.799. The fourth-order valence-electron chi connectivity index (χ4n) is 1.75. The van der Waals surface area contributed by atoms with Gasteiger partial charge in [0.1, 0.15) is 0 Å². The summed E-state index contributed by atoms with van der Waals surface area (Å²) in [7, 11) is 0. The number of aryl methyl sites for hydroxylation is 2. The summed E-state index contributed by atoms with van der Waals surface area (Å²) in [5.41, 5.74) is 4.00. The molecule has 90 valence electrons. The summed E-state index contributed by atoms with van der Waals surface area (Å²) in [6.45, 7) is 5.93. The van der Waals surface area contributed by atoms with Gasteiger partial charge in [-0.05, 0) is 54.4 Å². The molecule has 0 fully saturated rings. The first-order valence-corrected chi connectivity index (χ1v) is 6.61. The van der Waals surface area contributed by atoms with E-state index in [1.54, 1.807) is 0 Å². The molecular formula is C12H13BrClN3. The number of rotatable bonds is 2. The standard InChI is InChI=1S/C12H13BrClN3/c1-7-4-10(6-14)5-11(15-7)17-9(3)12(13)8(2)16-17/h4-5H,6H2,1-3H3. The minimum absolute atomic E-state index is 0.483.